The summed E-state index contributed by atoms with van der Waals surface area (Å²) in [4.78, 5) is 0. The van der Waals surface area contributed by atoms with Crippen LogP contribution in [0.2, 0.25) is 0 Å². The summed E-state index contributed by atoms with van der Waals surface area (Å²) in [6, 6.07) is 5.37. The van der Waals surface area contributed by atoms with Crippen molar-refractivity contribution in [3.05, 3.63) is 29.6 Å². The summed E-state index contributed by atoms with van der Waals surface area (Å²) >= 11 is 0. The third kappa shape index (κ3) is 3.70. The van der Waals surface area contributed by atoms with Crippen LogP contribution in [0.5, 0.6) is 5.75 Å². The topological polar surface area (TPSA) is 21.3 Å². The Morgan fingerprint density at radius 2 is 2.11 bits per heavy atom. The Morgan fingerprint density at radius 3 is 2.67 bits per heavy atom. The van der Waals surface area contributed by atoms with Gasteiger partial charge in [0, 0.05) is 12.6 Å². The van der Waals surface area contributed by atoms with Gasteiger partial charge in [-0.25, -0.2) is 4.39 Å². The molecule has 1 unspecified atom stereocenters. The SMILES string of the molecule is Cc1cc(F)ccc1OC(CNC1CC1)C(C)C. The van der Waals surface area contributed by atoms with Crippen LogP contribution in [-0.4, -0.2) is 18.7 Å². The molecule has 1 fully saturated rings. The Bertz CT molecular complexity index is 401. The molecular weight excluding hydrogens is 229 g/mol. The first-order chi connectivity index (χ1) is 8.56. The van der Waals surface area contributed by atoms with Crippen molar-refractivity contribution in [1.82, 2.24) is 5.32 Å². The van der Waals surface area contributed by atoms with Crippen LogP contribution in [0.1, 0.15) is 32.3 Å². The van der Waals surface area contributed by atoms with Crippen molar-refractivity contribution >= 4 is 0 Å². The first kappa shape index (κ1) is 13.3. The monoisotopic (exact) mass is 251 g/mol. The van der Waals surface area contributed by atoms with Crippen LogP contribution in [0.3, 0.4) is 0 Å². The standard InChI is InChI=1S/C15H22FNO/c1-10(2)15(9-17-13-5-6-13)18-14-7-4-12(16)8-11(14)3/h4,7-8,10,13,15,17H,5-6,9H2,1-3H3. The number of halogens is 1. The molecular formula is C15H22FNO. The minimum atomic E-state index is -0.211. The van der Waals surface area contributed by atoms with Crippen molar-refractivity contribution in [2.24, 2.45) is 5.92 Å². The van der Waals surface area contributed by atoms with Gasteiger partial charge in [0.05, 0.1) is 0 Å². The minimum absolute atomic E-state index is 0.134. The van der Waals surface area contributed by atoms with Crippen molar-refractivity contribution in [3.8, 4) is 5.75 Å². The maximum atomic E-state index is 13.0. The van der Waals surface area contributed by atoms with E-state index in [4.69, 9.17) is 4.74 Å². The molecule has 3 heteroatoms. The molecule has 0 heterocycles. The van der Waals surface area contributed by atoms with E-state index in [1.165, 1.54) is 25.0 Å². The second-order valence-electron chi connectivity index (χ2n) is 5.49. The molecule has 0 amide bonds. The van der Waals surface area contributed by atoms with Gasteiger partial charge < -0.3 is 10.1 Å². The molecule has 18 heavy (non-hydrogen) atoms. The Morgan fingerprint density at radius 1 is 1.39 bits per heavy atom. The van der Waals surface area contributed by atoms with Gasteiger partial charge in [-0.3, -0.25) is 0 Å². The normalized spacial score (nSPS) is 16.9. The fourth-order valence-electron chi connectivity index (χ4n) is 1.89. The van der Waals surface area contributed by atoms with E-state index in [2.05, 4.69) is 19.2 Å². The number of hydrogen-bond acceptors (Lipinski definition) is 2. The number of aryl methyl sites for hydroxylation is 1. The summed E-state index contributed by atoms with van der Waals surface area (Å²) < 4.78 is 19.0. The molecule has 1 saturated carbocycles. The van der Waals surface area contributed by atoms with Gasteiger partial charge in [0.15, 0.2) is 0 Å². The molecule has 0 spiro atoms. The summed E-state index contributed by atoms with van der Waals surface area (Å²) in [5, 5.41) is 3.49. The van der Waals surface area contributed by atoms with Crippen LogP contribution in [-0.2, 0) is 0 Å². The van der Waals surface area contributed by atoms with Crippen molar-refractivity contribution < 1.29 is 9.13 Å². The summed E-state index contributed by atoms with van der Waals surface area (Å²) in [5.74, 6) is 1.01. The molecule has 0 radical (unpaired) electrons. The van der Waals surface area contributed by atoms with E-state index < -0.39 is 0 Å². The lowest BCUT2D eigenvalue weighted by atomic mass is 10.1. The van der Waals surface area contributed by atoms with Gasteiger partial charge in [0.25, 0.3) is 0 Å². The number of hydrogen-bond donors (Lipinski definition) is 1. The number of nitrogens with one attached hydrogen (secondary N) is 1. The molecule has 1 N–H and O–H groups in total. The van der Waals surface area contributed by atoms with Gasteiger partial charge in [-0.2, -0.15) is 0 Å². The van der Waals surface area contributed by atoms with Crippen molar-refractivity contribution in [3.63, 3.8) is 0 Å². The number of ether oxygens (including phenoxy) is 1. The number of benzene rings is 1. The average molecular weight is 251 g/mol. The van der Waals surface area contributed by atoms with E-state index in [9.17, 15) is 4.39 Å². The molecule has 1 atom stereocenters. The van der Waals surface area contributed by atoms with E-state index in [1.54, 1.807) is 6.07 Å². The molecule has 2 rings (SSSR count). The fraction of sp³-hybridized carbons (Fsp3) is 0.600. The second-order valence-corrected chi connectivity index (χ2v) is 5.49. The average Bonchev–Trinajstić information content (AvgIpc) is 3.10. The molecule has 2 nitrogen and oxygen atoms in total. The van der Waals surface area contributed by atoms with Crippen LogP contribution in [0, 0.1) is 18.7 Å². The van der Waals surface area contributed by atoms with Gasteiger partial charge in [-0.1, -0.05) is 13.8 Å². The van der Waals surface area contributed by atoms with Crippen LogP contribution in [0.4, 0.5) is 4.39 Å². The molecule has 1 aliphatic rings. The van der Waals surface area contributed by atoms with E-state index in [1.807, 2.05) is 6.92 Å². The highest BCUT2D eigenvalue weighted by Crippen LogP contribution is 2.23. The molecule has 0 aromatic heterocycles. The first-order valence-corrected chi connectivity index (χ1v) is 6.72. The van der Waals surface area contributed by atoms with Gasteiger partial charge >= 0.3 is 0 Å². The molecule has 1 aliphatic carbocycles. The Balaban J connectivity index is 1.97. The fourth-order valence-corrected chi connectivity index (χ4v) is 1.89. The molecule has 0 saturated heterocycles. The van der Waals surface area contributed by atoms with Crippen LogP contribution in [0.25, 0.3) is 0 Å². The maximum Gasteiger partial charge on any atom is 0.123 e. The minimum Gasteiger partial charge on any atom is -0.489 e. The van der Waals surface area contributed by atoms with Gasteiger partial charge in [-0.05, 0) is 49.4 Å². The third-order valence-corrected chi connectivity index (χ3v) is 3.34. The van der Waals surface area contributed by atoms with E-state index in [-0.39, 0.29) is 11.9 Å². The lowest BCUT2D eigenvalue weighted by Gasteiger charge is -2.24. The van der Waals surface area contributed by atoms with Crippen LogP contribution in [0.15, 0.2) is 18.2 Å². The molecule has 1 aromatic carbocycles. The molecule has 1 aromatic rings. The number of rotatable bonds is 6. The van der Waals surface area contributed by atoms with E-state index in [0.717, 1.165) is 17.9 Å². The van der Waals surface area contributed by atoms with Crippen molar-refractivity contribution in [1.29, 1.82) is 0 Å². The van der Waals surface area contributed by atoms with E-state index >= 15 is 0 Å². The van der Waals surface area contributed by atoms with Crippen LogP contribution >= 0.6 is 0 Å². The Labute approximate surface area is 109 Å². The largest absolute Gasteiger partial charge is 0.489 e. The summed E-state index contributed by atoms with van der Waals surface area (Å²) in [7, 11) is 0. The zero-order valence-corrected chi connectivity index (χ0v) is 11.4. The zero-order valence-electron chi connectivity index (χ0n) is 11.4. The first-order valence-electron chi connectivity index (χ1n) is 6.72. The maximum absolute atomic E-state index is 13.0. The molecule has 100 valence electrons. The smallest absolute Gasteiger partial charge is 0.123 e. The van der Waals surface area contributed by atoms with E-state index in [0.29, 0.717) is 12.0 Å². The Kier molecular flexibility index (Phi) is 4.23. The van der Waals surface area contributed by atoms with Gasteiger partial charge in [0.1, 0.15) is 17.7 Å². The lowest BCUT2D eigenvalue weighted by molar-refractivity contribution is 0.147. The summed E-state index contributed by atoms with van der Waals surface area (Å²) in [6.07, 6.45) is 2.69. The summed E-state index contributed by atoms with van der Waals surface area (Å²) in [5.41, 5.74) is 0.854. The quantitative estimate of drug-likeness (QED) is 0.837. The van der Waals surface area contributed by atoms with Crippen LogP contribution < -0.4 is 10.1 Å². The molecule has 0 bridgehead atoms. The second kappa shape index (κ2) is 5.70. The predicted molar refractivity (Wildman–Crippen MR) is 71.4 cm³/mol. The summed E-state index contributed by atoms with van der Waals surface area (Å²) in [6.45, 7) is 7.04. The third-order valence-electron chi connectivity index (χ3n) is 3.34. The van der Waals surface area contributed by atoms with Crippen molar-refractivity contribution in [2.75, 3.05) is 6.54 Å². The predicted octanol–water partition coefficient (Wildman–Crippen LogP) is 3.29. The highest BCUT2D eigenvalue weighted by atomic mass is 19.1. The molecule has 0 aliphatic heterocycles. The van der Waals surface area contributed by atoms with Gasteiger partial charge in [0.2, 0.25) is 0 Å². The van der Waals surface area contributed by atoms with Gasteiger partial charge in [-0.15, -0.1) is 0 Å². The lowest BCUT2D eigenvalue weighted by Crippen LogP contribution is -2.36. The highest BCUT2D eigenvalue weighted by Gasteiger charge is 2.24. The zero-order chi connectivity index (χ0) is 13.1. The Hall–Kier alpha value is -1.09. The highest BCUT2D eigenvalue weighted by molar-refractivity contribution is 5.32. The van der Waals surface area contributed by atoms with Crippen molar-refractivity contribution in [2.45, 2.75) is 45.8 Å².